The summed E-state index contributed by atoms with van der Waals surface area (Å²) in [6, 6.07) is 55.5. The summed E-state index contributed by atoms with van der Waals surface area (Å²) in [4.78, 5) is 2.47. The average molecular weight is 644 g/mol. The van der Waals surface area contributed by atoms with Gasteiger partial charge in [0.25, 0.3) is 0 Å². The first-order chi connectivity index (χ1) is 24.3. The minimum atomic E-state index is -0.157. The van der Waals surface area contributed by atoms with Crippen molar-refractivity contribution >= 4 is 39.0 Å². The van der Waals surface area contributed by atoms with E-state index in [0.717, 1.165) is 27.9 Å². The fourth-order valence-corrected chi connectivity index (χ4v) is 8.93. The number of para-hydroxylation sites is 1. The molecule has 0 radical (unpaired) electrons. The number of benzene rings is 7. The van der Waals surface area contributed by atoms with Crippen molar-refractivity contribution in [3.8, 4) is 33.4 Å². The molecule has 1 heterocycles. The zero-order valence-corrected chi connectivity index (χ0v) is 28.8. The van der Waals surface area contributed by atoms with E-state index in [1.807, 2.05) is 0 Å². The van der Waals surface area contributed by atoms with Gasteiger partial charge in [0, 0.05) is 44.1 Å². The molecule has 0 saturated heterocycles. The monoisotopic (exact) mass is 643 g/mol. The summed E-state index contributed by atoms with van der Waals surface area (Å²) in [7, 11) is 0. The number of anilines is 3. The number of hydrogen-bond acceptors (Lipinski definition) is 2. The Labute approximate surface area is 293 Å². The van der Waals surface area contributed by atoms with Crippen LogP contribution in [0.2, 0.25) is 0 Å². The maximum Gasteiger partial charge on any atom is 0.143 e. The zero-order chi connectivity index (χ0) is 33.8. The van der Waals surface area contributed by atoms with Gasteiger partial charge in [0.05, 0.1) is 5.69 Å². The van der Waals surface area contributed by atoms with E-state index in [9.17, 15) is 0 Å². The van der Waals surface area contributed by atoms with Crippen molar-refractivity contribution in [1.29, 1.82) is 0 Å². The van der Waals surface area contributed by atoms with Crippen LogP contribution in [0.3, 0.4) is 0 Å². The molecule has 0 aliphatic heterocycles. The van der Waals surface area contributed by atoms with Gasteiger partial charge in [0.15, 0.2) is 0 Å². The number of rotatable bonds is 4. The van der Waals surface area contributed by atoms with Crippen LogP contribution in [0.1, 0.15) is 49.9 Å². The lowest BCUT2D eigenvalue weighted by atomic mass is 9.82. The largest absolute Gasteiger partial charge is 0.455 e. The Hall–Kier alpha value is -5.86. The van der Waals surface area contributed by atoms with E-state index in [4.69, 9.17) is 4.42 Å². The van der Waals surface area contributed by atoms with Crippen molar-refractivity contribution in [2.45, 2.75) is 38.5 Å². The fourth-order valence-electron chi connectivity index (χ4n) is 8.93. The Balaban J connectivity index is 1.23. The molecule has 50 heavy (non-hydrogen) atoms. The minimum absolute atomic E-state index is 0.0986. The predicted molar refractivity (Wildman–Crippen MR) is 209 cm³/mol. The van der Waals surface area contributed by atoms with Crippen LogP contribution in [0.4, 0.5) is 17.1 Å². The first-order valence-electron chi connectivity index (χ1n) is 17.6. The van der Waals surface area contributed by atoms with Crippen molar-refractivity contribution < 1.29 is 4.42 Å². The molecule has 7 aromatic carbocycles. The molecule has 2 aliphatic carbocycles. The van der Waals surface area contributed by atoms with Gasteiger partial charge in [-0.1, -0.05) is 143 Å². The molecule has 0 amide bonds. The van der Waals surface area contributed by atoms with E-state index in [1.54, 1.807) is 0 Å². The van der Waals surface area contributed by atoms with E-state index in [2.05, 4.69) is 184 Å². The lowest BCUT2D eigenvalue weighted by Gasteiger charge is -2.30. The van der Waals surface area contributed by atoms with E-state index >= 15 is 0 Å². The molecule has 0 unspecified atom stereocenters. The minimum Gasteiger partial charge on any atom is -0.455 e. The summed E-state index contributed by atoms with van der Waals surface area (Å²) in [5, 5.41) is 2.33. The van der Waals surface area contributed by atoms with Crippen LogP contribution in [0.5, 0.6) is 0 Å². The van der Waals surface area contributed by atoms with Crippen molar-refractivity contribution in [1.82, 2.24) is 0 Å². The van der Waals surface area contributed by atoms with Crippen molar-refractivity contribution in [2.24, 2.45) is 0 Å². The van der Waals surface area contributed by atoms with Crippen LogP contribution in [0.15, 0.2) is 156 Å². The summed E-state index contributed by atoms with van der Waals surface area (Å²) in [5.74, 6) is 0. The molecule has 0 saturated carbocycles. The zero-order valence-electron chi connectivity index (χ0n) is 28.8. The quantitative estimate of drug-likeness (QED) is 0.190. The molecule has 0 spiro atoms. The topological polar surface area (TPSA) is 16.4 Å². The number of hydrogen-bond donors (Lipinski definition) is 0. The van der Waals surface area contributed by atoms with Gasteiger partial charge < -0.3 is 9.32 Å². The molecule has 0 bridgehead atoms. The van der Waals surface area contributed by atoms with E-state index in [-0.39, 0.29) is 10.8 Å². The maximum atomic E-state index is 6.68. The Morgan fingerprint density at radius 1 is 0.440 bits per heavy atom. The first-order valence-corrected chi connectivity index (χ1v) is 17.6. The third-order valence-electron chi connectivity index (χ3n) is 11.5. The maximum absolute atomic E-state index is 6.68. The molecular weight excluding hydrogens is 607 g/mol. The molecule has 2 nitrogen and oxygen atoms in total. The van der Waals surface area contributed by atoms with Gasteiger partial charge in [-0.25, -0.2) is 0 Å². The Bertz CT molecular complexity index is 2640. The molecule has 0 atom stereocenters. The third kappa shape index (κ3) is 3.96. The van der Waals surface area contributed by atoms with Gasteiger partial charge in [0.2, 0.25) is 0 Å². The van der Waals surface area contributed by atoms with Gasteiger partial charge in [-0.2, -0.15) is 0 Å². The van der Waals surface area contributed by atoms with Gasteiger partial charge in [-0.15, -0.1) is 0 Å². The van der Waals surface area contributed by atoms with Crippen LogP contribution in [0.25, 0.3) is 55.3 Å². The summed E-state index contributed by atoms with van der Waals surface area (Å²) in [5.41, 5.74) is 18.0. The summed E-state index contributed by atoms with van der Waals surface area (Å²) in [6.07, 6.45) is 0. The first kappa shape index (κ1) is 29.1. The van der Waals surface area contributed by atoms with E-state index in [1.165, 1.54) is 66.7 Å². The highest BCUT2D eigenvalue weighted by Crippen LogP contribution is 2.57. The van der Waals surface area contributed by atoms with Gasteiger partial charge in [0.1, 0.15) is 11.2 Å². The molecular formula is C48H37NO. The van der Waals surface area contributed by atoms with Crippen molar-refractivity contribution in [3.63, 3.8) is 0 Å². The predicted octanol–water partition coefficient (Wildman–Crippen LogP) is 13.3. The standard InChI is InChI=1S/C48H37NO/c1-47(2)38-17-10-8-16-36(38)44-40(47)18-12-19-42(44)49(32-23-21-31(22-24-32)30-13-6-5-7-14-30)33-25-27-39-37(29-33)45-41(48(39,3)4)28-26-35-34-15-9-11-20-43(34)50-46(35)45/h5-29H,1-4H3. The van der Waals surface area contributed by atoms with Crippen LogP contribution in [-0.4, -0.2) is 0 Å². The lowest BCUT2D eigenvalue weighted by Crippen LogP contribution is -2.16. The fraction of sp³-hybridized carbons (Fsp3) is 0.125. The van der Waals surface area contributed by atoms with Crippen LogP contribution < -0.4 is 4.90 Å². The van der Waals surface area contributed by atoms with E-state index < -0.39 is 0 Å². The Morgan fingerprint density at radius 3 is 1.88 bits per heavy atom. The van der Waals surface area contributed by atoms with E-state index in [0.29, 0.717) is 0 Å². The lowest BCUT2D eigenvalue weighted by molar-refractivity contribution is 0.653. The van der Waals surface area contributed by atoms with Gasteiger partial charge in [-0.3, -0.25) is 0 Å². The number of furan rings is 1. The van der Waals surface area contributed by atoms with Crippen molar-refractivity contribution in [3.05, 3.63) is 174 Å². The smallest absolute Gasteiger partial charge is 0.143 e. The number of fused-ring (bicyclic) bond motifs is 10. The van der Waals surface area contributed by atoms with Crippen LogP contribution in [0, 0.1) is 0 Å². The molecule has 0 fully saturated rings. The van der Waals surface area contributed by atoms with Gasteiger partial charge in [-0.05, 0) is 80.9 Å². The third-order valence-corrected chi connectivity index (χ3v) is 11.5. The second-order valence-electron chi connectivity index (χ2n) is 14.9. The molecule has 1 aromatic heterocycles. The summed E-state index contributed by atoms with van der Waals surface area (Å²) >= 11 is 0. The second-order valence-corrected chi connectivity index (χ2v) is 14.9. The highest BCUT2D eigenvalue weighted by atomic mass is 16.3. The molecule has 2 aliphatic rings. The van der Waals surface area contributed by atoms with Crippen molar-refractivity contribution in [2.75, 3.05) is 4.90 Å². The Morgan fingerprint density at radius 2 is 1.06 bits per heavy atom. The second kappa shape index (κ2) is 10.3. The normalized spacial score (nSPS) is 14.7. The molecule has 240 valence electrons. The summed E-state index contributed by atoms with van der Waals surface area (Å²) in [6.45, 7) is 9.39. The Kier molecular flexibility index (Phi) is 6.01. The molecule has 8 aromatic rings. The molecule has 10 rings (SSSR count). The number of nitrogens with zero attached hydrogens (tertiary/aromatic N) is 1. The average Bonchev–Trinajstić information content (AvgIpc) is 3.72. The van der Waals surface area contributed by atoms with Crippen LogP contribution in [-0.2, 0) is 10.8 Å². The highest BCUT2D eigenvalue weighted by Gasteiger charge is 2.40. The van der Waals surface area contributed by atoms with Crippen LogP contribution >= 0.6 is 0 Å². The summed E-state index contributed by atoms with van der Waals surface area (Å²) < 4.78 is 6.68. The highest BCUT2D eigenvalue weighted by molar-refractivity contribution is 6.12. The SMILES string of the molecule is CC1(C)c2ccccc2-c2c(N(c3ccc(-c4ccccc4)cc3)c3ccc4c(c3)-c3c(ccc5c3oc3ccccc35)C4(C)C)cccc21. The molecule has 2 heteroatoms. The van der Waals surface area contributed by atoms with Gasteiger partial charge >= 0.3 is 0 Å². The molecule has 0 N–H and O–H groups in total.